The molecule has 0 bridgehead atoms. The Morgan fingerprint density at radius 1 is 0.414 bits per heavy atom. The van der Waals surface area contributed by atoms with Crippen LogP contribution >= 0.6 is 0 Å². The lowest BCUT2D eigenvalue weighted by Crippen LogP contribution is -2.05. The van der Waals surface area contributed by atoms with Crippen LogP contribution in [0.25, 0.3) is 83.9 Å². The third-order valence-corrected chi connectivity index (χ3v) is 10.2. The molecule has 268 valence electrons. The fourth-order valence-electron chi connectivity index (χ4n) is 7.56. The van der Waals surface area contributed by atoms with Crippen molar-refractivity contribution in [1.29, 1.82) is 21.0 Å². The molecule has 0 amide bonds. The van der Waals surface area contributed by atoms with Crippen LogP contribution in [-0.4, -0.2) is 19.5 Å². The van der Waals surface area contributed by atoms with Gasteiger partial charge in [0.2, 0.25) is 0 Å². The maximum atomic E-state index is 10.7. The Bertz CT molecular complexity index is 3130. The van der Waals surface area contributed by atoms with Crippen molar-refractivity contribution in [2.45, 2.75) is 6.92 Å². The van der Waals surface area contributed by atoms with E-state index < -0.39 is 0 Å². The highest BCUT2D eigenvalue weighted by atomic mass is 15.0. The molecule has 0 saturated carbocycles. The van der Waals surface area contributed by atoms with Gasteiger partial charge in [-0.05, 0) is 61.5 Å². The highest BCUT2D eigenvalue weighted by Crippen LogP contribution is 2.45. The normalized spacial score (nSPS) is 10.8. The molecule has 9 rings (SSSR count). The van der Waals surface area contributed by atoms with Crippen molar-refractivity contribution in [3.8, 4) is 86.4 Å². The van der Waals surface area contributed by atoms with Crippen molar-refractivity contribution < 1.29 is 0 Å². The average molecular weight is 741 g/mol. The van der Waals surface area contributed by atoms with E-state index in [1.807, 2.05) is 84.9 Å². The van der Waals surface area contributed by atoms with Crippen molar-refractivity contribution in [1.82, 2.24) is 19.5 Å². The molecule has 0 saturated heterocycles. The van der Waals surface area contributed by atoms with Crippen LogP contribution in [-0.2, 0) is 0 Å². The van der Waals surface area contributed by atoms with E-state index in [0.29, 0.717) is 73.2 Å². The average Bonchev–Trinajstić information content (AvgIpc) is 3.61. The number of para-hydroxylation sites is 1. The van der Waals surface area contributed by atoms with Crippen molar-refractivity contribution in [2.75, 3.05) is 0 Å². The van der Waals surface area contributed by atoms with Gasteiger partial charge in [0.25, 0.3) is 0 Å². The van der Waals surface area contributed by atoms with Gasteiger partial charge in [-0.3, -0.25) is 0 Å². The SMILES string of the molecule is Cc1ccc2c(c1)c1ccccc1n2-c1c(-c2ccc(C#N)cc2C#N)cc(-c2nc(-c3ccccc3)nc(-c3ccccc3)n2)cc1-c1ccc(C#N)cc1C#N. The molecule has 0 aliphatic rings. The first-order valence-corrected chi connectivity index (χ1v) is 18.4. The standard InChI is InChI=1S/C50H28N8/c1-31-16-21-46-42(22-31)41-14-8-9-15-45(41)58(46)47-43(39-19-17-32(27-51)23-37(39)29-53)25-36(26-44(47)40-20-18-33(28-52)24-38(40)30-54)50-56-48(34-10-4-2-5-11-34)55-49(57-50)35-12-6-3-7-13-35/h2-26H,1H3. The molecule has 0 spiro atoms. The van der Waals surface area contributed by atoms with Gasteiger partial charge in [0.1, 0.15) is 0 Å². The van der Waals surface area contributed by atoms with Gasteiger partial charge in [-0.1, -0.05) is 103 Å². The molecule has 7 aromatic carbocycles. The van der Waals surface area contributed by atoms with E-state index in [0.717, 1.165) is 38.5 Å². The molecular formula is C50H28N8. The van der Waals surface area contributed by atoms with E-state index in [2.05, 4.69) is 66.1 Å². The molecule has 0 aliphatic carbocycles. The van der Waals surface area contributed by atoms with Crippen LogP contribution in [0.2, 0.25) is 0 Å². The van der Waals surface area contributed by atoms with E-state index >= 15 is 0 Å². The van der Waals surface area contributed by atoms with Gasteiger partial charge >= 0.3 is 0 Å². The van der Waals surface area contributed by atoms with Gasteiger partial charge in [0.15, 0.2) is 17.5 Å². The molecule has 8 heteroatoms. The summed E-state index contributed by atoms with van der Waals surface area (Å²) >= 11 is 0. The monoisotopic (exact) mass is 740 g/mol. The number of aryl methyl sites for hydroxylation is 1. The second-order valence-corrected chi connectivity index (χ2v) is 13.8. The first-order valence-electron chi connectivity index (χ1n) is 18.4. The number of fused-ring (bicyclic) bond motifs is 3. The van der Waals surface area contributed by atoms with Crippen LogP contribution in [0.4, 0.5) is 0 Å². The molecule has 0 unspecified atom stereocenters. The maximum absolute atomic E-state index is 10.7. The molecule has 0 N–H and O–H groups in total. The van der Waals surface area contributed by atoms with Gasteiger partial charge < -0.3 is 4.57 Å². The summed E-state index contributed by atoms with van der Waals surface area (Å²) < 4.78 is 2.18. The largest absolute Gasteiger partial charge is 0.308 e. The van der Waals surface area contributed by atoms with E-state index in [-0.39, 0.29) is 0 Å². The summed E-state index contributed by atoms with van der Waals surface area (Å²) in [5, 5.41) is 43.1. The molecule has 58 heavy (non-hydrogen) atoms. The molecule has 2 heterocycles. The van der Waals surface area contributed by atoms with Gasteiger partial charge in [0, 0.05) is 49.7 Å². The summed E-state index contributed by atoms with van der Waals surface area (Å²) in [5.41, 5.74) is 9.57. The fourth-order valence-corrected chi connectivity index (χ4v) is 7.56. The quantitative estimate of drug-likeness (QED) is 0.165. The van der Waals surface area contributed by atoms with E-state index in [4.69, 9.17) is 15.0 Å². The van der Waals surface area contributed by atoms with Gasteiger partial charge in [-0.25, -0.2) is 15.0 Å². The van der Waals surface area contributed by atoms with E-state index in [9.17, 15) is 21.0 Å². The smallest absolute Gasteiger partial charge is 0.164 e. The lowest BCUT2D eigenvalue weighted by molar-refractivity contribution is 1.07. The minimum absolute atomic E-state index is 0.297. The predicted molar refractivity (Wildman–Crippen MR) is 225 cm³/mol. The van der Waals surface area contributed by atoms with Gasteiger partial charge in [0.05, 0.1) is 63.3 Å². The van der Waals surface area contributed by atoms with Crippen molar-refractivity contribution in [3.05, 3.63) is 179 Å². The summed E-state index contributed by atoms with van der Waals surface area (Å²) in [6, 6.07) is 57.0. The summed E-state index contributed by atoms with van der Waals surface area (Å²) in [4.78, 5) is 15.0. The van der Waals surface area contributed by atoms with Crippen LogP contribution in [0.5, 0.6) is 0 Å². The highest BCUT2D eigenvalue weighted by Gasteiger charge is 2.25. The summed E-state index contributed by atoms with van der Waals surface area (Å²) in [6.45, 7) is 2.06. The molecule has 8 nitrogen and oxygen atoms in total. The minimum atomic E-state index is 0.297. The fraction of sp³-hybridized carbons (Fsp3) is 0.0200. The Balaban J connectivity index is 1.48. The molecular weight excluding hydrogens is 713 g/mol. The van der Waals surface area contributed by atoms with Crippen molar-refractivity contribution in [3.63, 3.8) is 0 Å². The van der Waals surface area contributed by atoms with Gasteiger partial charge in [-0.2, -0.15) is 21.0 Å². The number of hydrogen-bond acceptors (Lipinski definition) is 7. The number of nitriles is 4. The summed E-state index contributed by atoms with van der Waals surface area (Å²) in [5.74, 6) is 1.32. The molecule has 2 aromatic heterocycles. The zero-order chi connectivity index (χ0) is 39.8. The first kappa shape index (κ1) is 35.0. The van der Waals surface area contributed by atoms with Crippen LogP contribution in [0.3, 0.4) is 0 Å². The van der Waals surface area contributed by atoms with Gasteiger partial charge in [-0.15, -0.1) is 0 Å². The number of nitrogens with zero attached hydrogens (tertiary/aromatic N) is 8. The predicted octanol–water partition coefficient (Wildman–Crippen LogP) is 11.1. The van der Waals surface area contributed by atoms with Crippen molar-refractivity contribution in [2.24, 2.45) is 0 Å². The van der Waals surface area contributed by atoms with Crippen LogP contribution in [0.1, 0.15) is 27.8 Å². The van der Waals surface area contributed by atoms with Crippen LogP contribution in [0, 0.1) is 52.2 Å². The first-order chi connectivity index (χ1) is 28.5. The summed E-state index contributed by atoms with van der Waals surface area (Å²) in [6.07, 6.45) is 0. The lowest BCUT2D eigenvalue weighted by Gasteiger charge is -2.22. The van der Waals surface area contributed by atoms with Crippen LogP contribution in [0.15, 0.2) is 152 Å². The minimum Gasteiger partial charge on any atom is -0.308 e. The molecule has 0 radical (unpaired) electrons. The van der Waals surface area contributed by atoms with Crippen molar-refractivity contribution >= 4 is 21.8 Å². The second kappa shape index (κ2) is 14.5. The Morgan fingerprint density at radius 2 is 0.897 bits per heavy atom. The number of hydrogen-bond donors (Lipinski definition) is 0. The van der Waals surface area contributed by atoms with E-state index in [1.165, 1.54) is 0 Å². The second-order valence-electron chi connectivity index (χ2n) is 13.8. The Morgan fingerprint density at radius 3 is 1.41 bits per heavy atom. The maximum Gasteiger partial charge on any atom is 0.164 e. The molecule has 9 aromatic rings. The lowest BCUT2D eigenvalue weighted by atomic mass is 9.88. The number of aromatic nitrogens is 4. The zero-order valence-corrected chi connectivity index (χ0v) is 31.0. The topological polar surface area (TPSA) is 139 Å². The Kier molecular flexibility index (Phi) is 8.77. The molecule has 0 aliphatic heterocycles. The van der Waals surface area contributed by atoms with Crippen LogP contribution < -0.4 is 0 Å². The van der Waals surface area contributed by atoms with E-state index in [1.54, 1.807) is 36.4 Å². The zero-order valence-electron chi connectivity index (χ0n) is 31.0. The third kappa shape index (κ3) is 6.07. The Hall–Kier alpha value is -8.69. The molecule has 0 atom stereocenters. The number of rotatable bonds is 6. The summed E-state index contributed by atoms with van der Waals surface area (Å²) in [7, 11) is 0. The highest BCUT2D eigenvalue weighted by molar-refractivity contribution is 6.11. The number of benzene rings is 7. The molecule has 0 fully saturated rings. The Labute approximate surface area is 334 Å². The third-order valence-electron chi connectivity index (χ3n) is 10.2.